The molecule has 0 aromatic heterocycles. The molecular formula is C7H4Cl2INO. The smallest absolute Gasteiger partial charge is 0.249 e. The van der Waals surface area contributed by atoms with Gasteiger partial charge in [-0.2, -0.15) is 0 Å². The molecule has 1 amide bonds. The van der Waals surface area contributed by atoms with Crippen molar-refractivity contribution in [3.8, 4) is 0 Å². The molecule has 2 nitrogen and oxygen atoms in total. The number of rotatable bonds is 1. The van der Waals surface area contributed by atoms with Crippen molar-refractivity contribution in [2.24, 2.45) is 5.73 Å². The van der Waals surface area contributed by atoms with Gasteiger partial charge in [0.1, 0.15) is 0 Å². The highest BCUT2D eigenvalue weighted by Gasteiger charge is 2.10. The van der Waals surface area contributed by atoms with E-state index >= 15 is 0 Å². The summed E-state index contributed by atoms with van der Waals surface area (Å²) in [5.41, 5.74) is 5.45. The summed E-state index contributed by atoms with van der Waals surface area (Å²) in [6, 6.07) is 3.06. The van der Waals surface area contributed by atoms with Crippen molar-refractivity contribution >= 4 is 51.7 Å². The van der Waals surface area contributed by atoms with Crippen LogP contribution in [0.3, 0.4) is 0 Å². The van der Waals surface area contributed by atoms with Crippen molar-refractivity contribution in [2.45, 2.75) is 0 Å². The van der Waals surface area contributed by atoms with Gasteiger partial charge in [0.25, 0.3) is 0 Å². The molecule has 0 saturated carbocycles. The van der Waals surface area contributed by atoms with Crippen molar-refractivity contribution in [1.82, 2.24) is 0 Å². The van der Waals surface area contributed by atoms with Gasteiger partial charge in [0.2, 0.25) is 5.91 Å². The number of amides is 1. The van der Waals surface area contributed by atoms with Gasteiger partial charge in [0.15, 0.2) is 0 Å². The number of hydrogen-bond acceptors (Lipinski definition) is 1. The van der Waals surface area contributed by atoms with E-state index in [0.29, 0.717) is 19.2 Å². The predicted octanol–water partition coefficient (Wildman–Crippen LogP) is 2.70. The largest absolute Gasteiger partial charge is 0.366 e. The molecule has 1 aromatic carbocycles. The van der Waals surface area contributed by atoms with Crippen LogP contribution in [0, 0.1) is 3.57 Å². The molecule has 12 heavy (non-hydrogen) atoms. The number of benzene rings is 1. The second-order valence-electron chi connectivity index (χ2n) is 2.11. The number of hydrogen-bond donors (Lipinski definition) is 1. The molecule has 0 saturated heterocycles. The summed E-state index contributed by atoms with van der Waals surface area (Å²) in [6.45, 7) is 0. The molecule has 0 fully saturated rings. The molecule has 0 bridgehead atoms. The van der Waals surface area contributed by atoms with Gasteiger partial charge in [-0.1, -0.05) is 23.2 Å². The number of nitrogens with two attached hydrogens (primary N) is 1. The summed E-state index contributed by atoms with van der Waals surface area (Å²) in [4.78, 5) is 10.8. The summed E-state index contributed by atoms with van der Waals surface area (Å²) >= 11 is 13.4. The molecule has 0 aliphatic carbocycles. The normalized spacial score (nSPS) is 9.92. The average molecular weight is 316 g/mol. The lowest BCUT2D eigenvalue weighted by Gasteiger charge is -2.02. The Morgan fingerprint density at radius 2 is 2.00 bits per heavy atom. The van der Waals surface area contributed by atoms with E-state index < -0.39 is 5.91 Å². The van der Waals surface area contributed by atoms with Crippen molar-refractivity contribution in [3.63, 3.8) is 0 Å². The van der Waals surface area contributed by atoms with Gasteiger partial charge in [-0.3, -0.25) is 4.79 Å². The monoisotopic (exact) mass is 315 g/mol. The van der Waals surface area contributed by atoms with E-state index in [4.69, 9.17) is 28.9 Å². The molecule has 1 rings (SSSR count). The second kappa shape index (κ2) is 3.81. The van der Waals surface area contributed by atoms with Crippen LogP contribution in [-0.4, -0.2) is 5.91 Å². The maximum atomic E-state index is 10.8. The standard InChI is InChI=1S/C7H4Cl2INO/c8-3-1-4(7(11)12)6(10)5(9)2-3/h1-2H,(H2,11,12). The lowest BCUT2D eigenvalue weighted by molar-refractivity contribution is 0.0999. The third-order valence-electron chi connectivity index (χ3n) is 1.26. The SMILES string of the molecule is NC(=O)c1cc(Cl)cc(Cl)c1I. The minimum Gasteiger partial charge on any atom is -0.366 e. The molecule has 0 aliphatic heterocycles. The van der Waals surface area contributed by atoms with Crippen LogP contribution in [0.15, 0.2) is 12.1 Å². The zero-order valence-corrected chi connectivity index (χ0v) is 9.44. The van der Waals surface area contributed by atoms with Gasteiger partial charge >= 0.3 is 0 Å². The first-order valence-electron chi connectivity index (χ1n) is 2.96. The van der Waals surface area contributed by atoms with Crippen LogP contribution in [0.2, 0.25) is 10.0 Å². The van der Waals surface area contributed by atoms with Crippen molar-refractivity contribution in [2.75, 3.05) is 0 Å². The lowest BCUT2D eigenvalue weighted by atomic mass is 10.2. The summed E-state index contributed by atoms with van der Waals surface area (Å²) in [5, 5.41) is 0.853. The maximum Gasteiger partial charge on any atom is 0.249 e. The highest BCUT2D eigenvalue weighted by molar-refractivity contribution is 14.1. The third kappa shape index (κ3) is 2.02. The predicted molar refractivity (Wildman–Crippen MR) is 57.7 cm³/mol. The van der Waals surface area contributed by atoms with Crippen LogP contribution < -0.4 is 5.73 Å². The van der Waals surface area contributed by atoms with E-state index in [9.17, 15) is 4.79 Å². The van der Waals surface area contributed by atoms with E-state index in [-0.39, 0.29) is 0 Å². The Bertz CT molecular complexity index is 340. The molecule has 0 heterocycles. The number of primary amides is 1. The van der Waals surface area contributed by atoms with Gasteiger partial charge < -0.3 is 5.73 Å². The van der Waals surface area contributed by atoms with Crippen molar-refractivity contribution in [1.29, 1.82) is 0 Å². The first-order chi connectivity index (χ1) is 5.52. The Balaban J connectivity index is 3.37. The minimum atomic E-state index is -0.524. The highest BCUT2D eigenvalue weighted by Crippen LogP contribution is 2.26. The minimum absolute atomic E-state index is 0.355. The molecule has 0 aliphatic rings. The molecule has 0 spiro atoms. The van der Waals surface area contributed by atoms with Gasteiger partial charge in [0, 0.05) is 8.59 Å². The van der Waals surface area contributed by atoms with Crippen LogP contribution >= 0.6 is 45.8 Å². The van der Waals surface area contributed by atoms with Crippen molar-refractivity contribution < 1.29 is 4.79 Å². The quantitative estimate of drug-likeness (QED) is 0.628. The van der Waals surface area contributed by atoms with Crippen molar-refractivity contribution in [3.05, 3.63) is 31.3 Å². The van der Waals surface area contributed by atoms with E-state index in [1.807, 2.05) is 22.6 Å². The molecule has 0 radical (unpaired) electrons. The molecule has 5 heteroatoms. The Morgan fingerprint density at radius 1 is 1.42 bits per heavy atom. The fourth-order valence-corrected chi connectivity index (χ4v) is 1.81. The Hall–Kier alpha value is -0.000000000000000111. The number of carbonyl (C=O) groups is 1. The number of carbonyl (C=O) groups excluding carboxylic acids is 1. The highest BCUT2D eigenvalue weighted by atomic mass is 127. The third-order valence-corrected chi connectivity index (χ3v) is 3.26. The molecule has 0 atom stereocenters. The van der Waals surface area contributed by atoms with Crippen LogP contribution in [-0.2, 0) is 0 Å². The van der Waals surface area contributed by atoms with Crippen LogP contribution in [0.4, 0.5) is 0 Å². The van der Waals surface area contributed by atoms with Crippen LogP contribution in [0.1, 0.15) is 10.4 Å². The zero-order valence-electron chi connectivity index (χ0n) is 5.77. The fraction of sp³-hybridized carbons (Fsp3) is 0. The Kier molecular flexibility index (Phi) is 3.20. The first-order valence-corrected chi connectivity index (χ1v) is 4.80. The topological polar surface area (TPSA) is 43.1 Å². The lowest BCUT2D eigenvalue weighted by Crippen LogP contribution is -2.12. The summed E-state index contributed by atoms with van der Waals surface area (Å²) in [5.74, 6) is -0.524. The summed E-state index contributed by atoms with van der Waals surface area (Å²) in [6.07, 6.45) is 0. The molecule has 1 aromatic rings. The maximum absolute atomic E-state index is 10.8. The van der Waals surface area contributed by atoms with E-state index in [0.717, 1.165) is 0 Å². The second-order valence-corrected chi connectivity index (χ2v) is 4.04. The summed E-state index contributed by atoms with van der Waals surface area (Å²) in [7, 11) is 0. The average Bonchev–Trinajstić information content (AvgIpc) is 1.96. The van der Waals surface area contributed by atoms with E-state index in [2.05, 4.69) is 0 Å². The molecule has 2 N–H and O–H groups in total. The van der Waals surface area contributed by atoms with E-state index in [1.165, 1.54) is 6.07 Å². The van der Waals surface area contributed by atoms with Gasteiger partial charge in [-0.05, 0) is 34.7 Å². The van der Waals surface area contributed by atoms with E-state index in [1.54, 1.807) is 6.07 Å². The van der Waals surface area contributed by atoms with Crippen LogP contribution in [0.25, 0.3) is 0 Å². The molecule has 0 unspecified atom stereocenters. The van der Waals surface area contributed by atoms with Gasteiger partial charge in [-0.25, -0.2) is 0 Å². The van der Waals surface area contributed by atoms with Gasteiger partial charge in [-0.15, -0.1) is 0 Å². The Labute approximate surface area is 93.2 Å². The first kappa shape index (κ1) is 10.1. The molecular weight excluding hydrogens is 312 g/mol. The van der Waals surface area contributed by atoms with Gasteiger partial charge in [0.05, 0.1) is 10.6 Å². The molecule has 64 valence electrons. The fourth-order valence-electron chi connectivity index (χ4n) is 0.735. The number of halogens is 3. The zero-order chi connectivity index (χ0) is 9.30. The van der Waals surface area contributed by atoms with Crippen LogP contribution in [0.5, 0.6) is 0 Å². The summed E-state index contributed by atoms with van der Waals surface area (Å²) < 4.78 is 0.631. The Morgan fingerprint density at radius 3 is 2.50 bits per heavy atom.